The van der Waals surface area contributed by atoms with Crippen molar-refractivity contribution in [3.05, 3.63) is 48.5 Å². The maximum Gasteiger partial charge on any atom is 0.329 e. The first kappa shape index (κ1) is 27.8. The second-order valence-electron chi connectivity index (χ2n) is 8.93. The van der Waals surface area contributed by atoms with Crippen LogP contribution in [0.3, 0.4) is 0 Å². The van der Waals surface area contributed by atoms with Gasteiger partial charge in [0.2, 0.25) is 0 Å². The number of carbonyl (C=O) groups is 1. The number of unbranched alkanes of at least 4 members (excludes halogenated alkanes) is 8. The van der Waals surface area contributed by atoms with Gasteiger partial charge < -0.3 is 4.74 Å². The van der Waals surface area contributed by atoms with E-state index < -0.39 is 5.38 Å². The van der Waals surface area contributed by atoms with Crippen molar-refractivity contribution >= 4 is 29.3 Å². The molecule has 0 radical (unpaired) electrons. The van der Waals surface area contributed by atoms with E-state index in [-0.39, 0.29) is 11.9 Å². The highest BCUT2D eigenvalue weighted by Gasteiger charge is 2.23. The molecular weight excluding hydrogens is 448 g/mol. The number of hydrogen-bond acceptors (Lipinski definition) is 3. The maximum atomic E-state index is 12.2. The van der Waals surface area contributed by atoms with Gasteiger partial charge in [-0.05, 0) is 53.5 Å². The van der Waals surface area contributed by atoms with Crippen LogP contribution < -0.4 is 4.74 Å². The van der Waals surface area contributed by atoms with E-state index in [0.717, 1.165) is 17.5 Å². The summed E-state index contributed by atoms with van der Waals surface area (Å²) in [5, 5.41) is -0.615. The van der Waals surface area contributed by atoms with E-state index in [0.29, 0.717) is 5.75 Å². The highest BCUT2D eigenvalue weighted by atomic mass is 35.5. The molecule has 0 spiro atoms. The van der Waals surface area contributed by atoms with Crippen molar-refractivity contribution in [2.45, 2.75) is 95.3 Å². The van der Waals surface area contributed by atoms with Crippen LogP contribution in [0.4, 0.5) is 0 Å². The first-order valence-corrected chi connectivity index (χ1v) is 14.2. The van der Waals surface area contributed by atoms with Crippen LogP contribution in [-0.4, -0.2) is 17.1 Å². The SMILES string of the molecule is CCCCCCCCCCCSc1ccc(-c2ccc(OC(=O)[C@@H](Cl)C(C)CC)cc2)cc1. The summed E-state index contributed by atoms with van der Waals surface area (Å²) in [4.78, 5) is 13.5. The lowest BCUT2D eigenvalue weighted by atomic mass is 10.0. The summed E-state index contributed by atoms with van der Waals surface area (Å²) in [6, 6.07) is 16.4. The minimum absolute atomic E-state index is 0.0927. The Morgan fingerprint density at radius 3 is 1.88 bits per heavy atom. The molecule has 182 valence electrons. The van der Waals surface area contributed by atoms with Crippen LogP contribution in [0, 0.1) is 5.92 Å². The number of benzene rings is 2. The molecule has 2 atom stereocenters. The van der Waals surface area contributed by atoms with Gasteiger partial charge in [0.05, 0.1) is 0 Å². The molecule has 0 aromatic heterocycles. The van der Waals surface area contributed by atoms with Crippen LogP contribution in [0.2, 0.25) is 0 Å². The standard InChI is InChI=1S/C29H41ClO2S/c1-4-6-7-8-9-10-11-12-13-22-33-27-20-16-25(17-21-27)24-14-18-26(19-15-24)32-29(31)28(30)23(3)5-2/h14-21,23,28H,4-13,22H2,1-3H3/t23?,28-/m0/s1. The van der Waals surface area contributed by atoms with Gasteiger partial charge in [-0.2, -0.15) is 0 Å². The summed E-state index contributed by atoms with van der Waals surface area (Å²) in [7, 11) is 0. The first-order valence-electron chi connectivity index (χ1n) is 12.7. The van der Waals surface area contributed by atoms with E-state index in [1.54, 1.807) is 0 Å². The van der Waals surface area contributed by atoms with Crippen molar-refractivity contribution in [2.24, 2.45) is 5.92 Å². The van der Waals surface area contributed by atoms with Crippen LogP contribution in [0.15, 0.2) is 53.4 Å². The molecule has 0 aliphatic rings. The fourth-order valence-electron chi connectivity index (χ4n) is 3.67. The van der Waals surface area contributed by atoms with Crippen LogP contribution in [-0.2, 0) is 4.79 Å². The topological polar surface area (TPSA) is 26.3 Å². The Balaban J connectivity index is 1.70. The van der Waals surface area contributed by atoms with Gasteiger partial charge in [-0.3, -0.25) is 4.79 Å². The number of thioether (sulfide) groups is 1. The van der Waals surface area contributed by atoms with E-state index in [1.807, 2.05) is 49.9 Å². The van der Waals surface area contributed by atoms with Gasteiger partial charge in [0.25, 0.3) is 0 Å². The number of rotatable bonds is 16. The van der Waals surface area contributed by atoms with Crippen molar-refractivity contribution in [2.75, 3.05) is 5.75 Å². The normalized spacial score (nSPS) is 13.0. The quantitative estimate of drug-likeness (QED) is 0.0773. The van der Waals surface area contributed by atoms with E-state index >= 15 is 0 Å². The van der Waals surface area contributed by atoms with Crippen molar-refractivity contribution < 1.29 is 9.53 Å². The molecule has 2 rings (SSSR count). The summed E-state index contributed by atoms with van der Waals surface area (Å²) in [5.41, 5.74) is 2.27. The summed E-state index contributed by atoms with van der Waals surface area (Å²) < 4.78 is 5.44. The molecule has 0 heterocycles. The second-order valence-corrected chi connectivity index (χ2v) is 10.6. The highest BCUT2D eigenvalue weighted by Crippen LogP contribution is 2.27. The molecule has 1 unspecified atom stereocenters. The predicted molar refractivity (Wildman–Crippen MR) is 145 cm³/mol. The average Bonchev–Trinajstić information content (AvgIpc) is 2.85. The Hall–Kier alpha value is -1.45. The number of carbonyl (C=O) groups excluding carboxylic acids is 1. The Kier molecular flexibility index (Phi) is 13.7. The number of esters is 1. The Labute approximate surface area is 210 Å². The number of hydrogen-bond donors (Lipinski definition) is 0. The summed E-state index contributed by atoms with van der Waals surface area (Å²) in [6.07, 6.45) is 13.2. The minimum Gasteiger partial charge on any atom is -0.425 e. The van der Waals surface area contributed by atoms with Crippen LogP contribution in [0.25, 0.3) is 11.1 Å². The highest BCUT2D eigenvalue weighted by molar-refractivity contribution is 7.99. The van der Waals surface area contributed by atoms with Gasteiger partial charge in [-0.15, -0.1) is 23.4 Å². The number of halogens is 1. The summed E-state index contributed by atoms with van der Waals surface area (Å²) >= 11 is 8.13. The maximum absolute atomic E-state index is 12.2. The van der Waals surface area contributed by atoms with Gasteiger partial charge in [-0.1, -0.05) is 103 Å². The van der Waals surface area contributed by atoms with E-state index in [1.165, 1.54) is 68.4 Å². The van der Waals surface area contributed by atoms with Gasteiger partial charge >= 0.3 is 5.97 Å². The predicted octanol–water partition coefficient (Wildman–Crippen LogP) is 9.54. The summed E-state index contributed by atoms with van der Waals surface area (Å²) in [5.74, 6) is 1.43. The molecule has 33 heavy (non-hydrogen) atoms. The fraction of sp³-hybridized carbons (Fsp3) is 0.552. The lowest BCUT2D eigenvalue weighted by Gasteiger charge is -2.15. The number of alkyl halides is 1. The van der Waals surface area contributed by atoms with E-state index in [2.05, 4.69) is 31.2 Å². The molecule has 0 N–H and O–H groups in total. The van der Waals surface area contributed by atoms with E-state index in [9.17, 15) is 4.79 Å². The summed E-state index contributed by atoms with van der Waals surface area (Å²) in [6.45, 7) is 6.25. The first-order chi connectivity index (χ1) is 16.0. The minimum atomic E-state index is -0.615. The van der Waals surface area contributed by atoms with Gasteiger partial charge in [-0.25, -0.2) is 0 Å². The molecule has 0 amide bonds. The molecule has 2 nitrogen and oxygen atoms in total. The largest absolute Gasteiger partial charge is 0.425 e. The third-order valence-electron chi connectivity index (χ3n) is 6.15. The van der Waals surface area contributed by atoms with Crippen LogP contribution in [0.5, 0.6) is 5.75 Å². The lowest BCUT2D eigenvalue weighted by Crippen LogP contribution is -2.26. The Bertz CT molecular complexity index is 788. The van der Waals surface area contributed by atoms with Gasteiger partial charge in [0, 0.05) is 4.90 Å². The molecule has 0 saturated carbocycles. The van der Waals surface area contributed by atoms with Crippen molar-refractivity contribution in [1.82, 2.24) is 0 Å². The Morgan fingerprint density at radius 1 is 0.818 bits per heavy atom. The van der Waals surface area contributed by atoms with Crippen LogP contribution >= 0.6 is 23.4 Å². The van der Waals surface area contributed by atoms with Gasteiger partial charge in [0.15, 0.2) is 0 Å². The molecule has 0 aliphatic carbocycles. The van der Waals surface area contributed by atoms with Crippen molar-refractivity contribution in [1.29, 1.82) is 0 Å². The Morgan fingerprint density at radius 2 is 1.33 bits per heavy atom. The molecule has 2 aromatic carbocycles. The lowest BCUT2D eigenvalue weighted by molar-refractivity contribution is -0.134. The van der Waals surface area contributed by atoms with E-state index in [4.69, 9.17) is 16.3 Å². The fourth-order valence-corrected chi connectivity index (χ4v) is 4.81. The monoisotopic (exact) mass is 488 g/mol. The second kappa shape index (κ2) is 16.2. The zero-order valence-electron chi connectivity index (χ0n) is 20.7. The average molecular weight is 489 g/mol. The molecule has 0 saturated heterocycles. The number of ether oxygens (including phenoxy) is 1. The molecule has 0 aliphatic heterocycles. The van der Waals surface area contributed by atoms with Crippen LogP contribution in [0.1, 0.15) is 85.0 Å². The zero-order valence-corrected chi connectivity index (χ0v) is 22.2. The van der Waals surface area contributed by atoms with Gasteiger partial charge in [0.1, 0.15) is 11.1 Å². The zero-order chi connectivity index (χ0) is 23.9. The molecular formula is C29H41ClO2S. The molecule has 0 bridgehead atoms. The third-order valence-corrected chi connectivity index (χ3v) is 7.85. The smallest absolute Gasteiger partial charge is 0.329 e. The molecule has 4 heteroatoms. The molecule has 0 fully saturated rings. The third kappa shape index (κ3) is 10.6. The molecule has 2 aromatic rings. The van der Waals surface area contributed by atoms with Crippen molar-refractivity contribution in [3.63, 3.8) is 0 Å². The van der Waals surface area contributed by atoms with Crippen molar-refractivity contribution in [3.8, 4) is 16.9 Å².